The van der Waals surface area contributed by atoms with Crippen LogP contribution < -0.4 is 5.32 Å². The van der Waals surface area contributed by atoms with E-state index in [0.717, 1.165) is 6.07 Å². The minimum Gasteiger partial charge on any atom is -0.478 e. The zero-order chi connectivity index (χ0) is 20.1. The number of Topliss-reactive ketones (excluding diaryl/α,β-unsaturated/α-hetero) is 1. The van der Waals surface area contributed by atoms with Crippen LogP contribution in [0.5, 0.6) is 0 Å². The van der Waals surface area contributed by atoms with E-state index in [0.29, 0.717) is 12.1 Å². The van der Waals surface area contributed by atoms with E-state index in [1.165, 1.54) is 25.1 Å². The van der Waals surface area contributed by atoms with Gasteiger partial charge in [-0.2, -0.15) is 13.2 Å². The SMILES string of the molecule is CC1=C(C(=O)O)C(c2ccccc2C(F)(F)F)C2=C(CC(C)(C)CC2=O)N1. The third-order valence-electron chi connectivity index (χ3n) is 5.05. The van der Waals surface area contributed by atoms with Crippen LogP contribution in [0, 0.1) is 5.41 Å². The van der Waals surface area contributed by atoms with Crippen LogP contribution in [0.2, 0.25) is 0 Å². The number of carboxylic acid groups (broad SMARTS) is 1. The Morgan fingerprint density at radius 3 is 2.44 bits per heavy atom. The summed E-state index contributed by atoms with van der Waals surface area (Å²) < 4.78 is 40.8. The summed E-state index contributed by atoms with van der Waals surface area (Å²) in [6, 6.07) is 4.86. The van der Waals surface area contributed by atoms with Gasteiger partial charge in [-0.1, -0.05) is 32.0 Å². The Hall–Kier alpha value is -2.57. The van der Waals surface area contributed by atoms with E-state index in [4.69, 9.17) is 0 Å². The number of carboxylic acids is 1. The molecule has 1 atom stereocenters. The third-order valence-corrected chi connectivity index (χ3v) is 5.05. The van der Waals surface area contributed by atoms with Gasteiger partial charge in [0, 0.05) is 29.3 Å². The highest BCUT2D eigenvalue weighted by Gasteiger charge is 2.45. The first-order valence-corrected chi connectivity index (χ1v) is 8.56. The fourth-order valence-corrected chi connectivity index (χ4v) is 4.04. The maximum Gasteiger partial charge on any atom is 0.416 e. The molecule has 0 saturated heterocycles. The molecule has 2 aliphatic rings. The molecule has 2 N–H and O–H groups in total. The van der Waals surface area contributed by atoms with Gasteiger partial charge < -0.3 is 10.4 Å². The summed E-state index contributed by atoms with van der Waals surface area (Å²) in [6.07, 6.45) is -4.04. The Bertz CT molecular complexity index is 894. The zero-order valence-electron chi connectivity index (χ0n) is 15.2. The van der Waals surface area contributed by atoms with Gasteiger partial charge >= 0.3 is 12.1 Å². The molecule has 0 saturated carbocycles. The van der Waals surface area contributed by atoms with Gasteiger partial charge in [-0.15, -0.1) is 0 Å². The minimum atomic E-state index is -4.66. The number of allylic oxidation sites excluding steroid dienone is 3. The van der Waals surface area contributed by atoms with Crippen LogP contribution in [0.4, 0.5) is 13.2 Å². The summed E-state index contributed by atoms with van der Waals surface area (Å²) in [5, 5.41) is 12.7. The first-order valence-electron chi connectivity index (χ1n) is 8.56. The number of ketones is 1. The summed E-state index contributed by atoms with van der Waals surface area (Å²) in [4.78, 5) is 24.8. The number of rotatable bonds is 2. The Balaban J connectivity index is 2.29. The number of halogens is 3. The van der Waals surface area contributed by atoms with Crippen LogP contribution >= 0.6 is 0 Å². The van der Waals surface area contributed by atoms with Gasteiger partial charge in [-0.25, -0.2) is 4.79 Å². The number of nitrogens with one attached hydrogen (secondary N) is 1. The predicted molar refractivity (Wildman–Crippen MR) is 92.7 cm³/mol. The van der Waals surface area contributed by atoms with Crippen molar-refractivity contribution in [2.75, 3.05) is 0 Å². The predicted octanol–water partition coefficient (Wildman–Crippen LogP) is 4.39. The lowest BCUT2D eigenvalue weighted by Gasteiger charge is -2.39. The van der Waals surface area contributed by atoms with E-state index in [9.17, 15) is 27.9 Å². The summed E-state index contributed by atoms with van der Waals surface area (Å²) in [7, 11) is 0. The van der Waals surface area contributed by atoms with Crippen molar-refractivity contribution in [3.05, 3.63) is 57.9 Å². The van der Waals surface area contributed by atoms with Gasteiger partial charge in [0.25, 0.3) is 0 Å². The summed E-state index contributed by atoms with van der Waals surface area (Å²) >= 11 is 0. The number of hydrogen-bond acceptors (Lipinski definition) is 3. The molecule has 144 valence electrons. The number of alkyl halides is 3. The molecule has 4 nitrogen and oxygen atoms in total. The molecule has 0 amide bonds. The highest BCUT2D eigenvalue weighted by molar-refractivity contribution is 6.03. The highest BCUT2D eigenvalue weighted by atomic mass is 19.4. The average Bonchev–Trinajstić information content (AvgIpc) is 2.51. The van der Waals surface area contributed by atoms with Gasteiger partial charge in [0.2, 0.25) is 0 Å². The topological polar surface area (TPSA) is 66.4 Å². The number of carbonyl (C=O) groups excluding carboxylic acids is 1. The molecule has 0 spiro atoms. The smallest absolute Gasteiger partial charge is 0.416 e. The van der Waals surface area contributed by atoms with Gasteiger partial charge in [0.05, 0.1) is 11.1 Å². The quantitative estimate of drug-likeness (QED) is 0.800. The molecule has 1 aromatic carbocycles. The minimum absolute atomic E-state index is 0.133. The summed E-state index contributed by atoms with van der Waals surface area (Å²) in [6.45, 7) is 5.32. The Morgan fingerprint density at radius 1 is 1.22 bits per heavy atom. The summed E-state index contributed by atoms with van der Waals surface area (Å²) in [5.41, 5.74) is -0.795. The maximum atomic E-state index is 13.6. The lowest BCUT2D eigenvalue weighted by molar-refractivity contribution is -0.139. The van der Waals surface area contributed by atoms with Crippen molar-refractivity contribution in [3.8, 4) is 0 Å². The molecule has 7 heteroatoms. The molecule has 3 rings (SSSR count). The van der Waals surface area contributed by atoms with Crippen molar-refractivity contribution in [3.63, 3.8) is 0 Å². The molecule has 1 unspecified atom stereocenters. The van der Waals surface area contributed by atoms with Crippen LogP contribution in [0.15, 0.2) is 46.8 Å². The van der Waals surface area contributed by atoms with Crippen molar-refractivity contribution in [1.29, 1.82) is 0 Å². The average molecular weight is 379 g/mol. The van der Waals surface area contributed by atoms with Crippen LogP contribution in [0.25, 0.3) is 0 Å². The van der Waals surface area contributed by atoms with E-state index < -0.39 is 23.6 Å². The third kappa shape index (κ3) is 3.38. The molecule has 1 aliphatic carbocycles. The van der Waals surface area contributed by atoms with E-state index in [2.05, 4.69) is 5.32 Å². The first-order chi connectivity index (χ1) is 12.4. The van der Waals surface area contributed by atoms with Gasteiger partial charge in [-0.3, -0.25) is 4.79 Å². The molecule has 1 heterocycles. The second kappa shape index (κ2) is 6.25. The maximum absolute atomic E-state index is 13.6. The standard InChI is InChI=1S/C20H20F3NO3/c1-10-15(18(26)27)16(11-6-4-5-7-12(11)20(21,22)23)17-13(24-10)8-19(2,3)9-14(17)25/h4-7,16,24H,8-9H2,1-3H3,(H,26,27). The van der Waals surface area contributed by atoms with Gasteiger partial charge in [0.15, 0.2) is 5.78 Å². The second-order valence-electron chi connectivity index (χ2n) is 7.82. The number of benzene rings is 1. The molecular formula is C20H20F3NO3. The largest absolute Gasteiger partial charge is 0.478 e. The van der Waals surface area contributed by atoms with E-state index in [1.54, 1.807) is 0 Å². The lowest BCUT2D eigenvalue weighted by atomic mass is 9.68. The number of dihydropyridines is 1. The monoisotopic (exact) mass is 379 g/mol. The fourth-order valence-electron chi connectivity index (χ4n) is 4.04. The molecule has 27 heavy (non-hydrogen) atoms. The Labute approximate surface area is 154 Å². The van der Waals surface area contributed by atoms with Gasteiger partial charge in [-0.05, 0) is 30.4 Å². The lowest BCUT2D eigenvalue weighted by Crippen LogP contribution is -2.38. The van der Waals surface area contributed by atoms with Crippen LogP contribution in [0.3, 0.4) is 0 Å². The molecule has 0 bridgehead atoms. The van der Waals surface area contributed by atoms with Crippen LogP contribution in [0.1, 0.15) is 50.7 Å². The highest BCUT2D eigenvalue weighted by Crippen LogP contribution is 2.48. The summed E-state index contributed by atoms with van der Waals surface area (Å²) in [5.74, 6) is -2.91. The molecule has 0 radical (unpaired) electrons. The normalized spacial score (nSPS) is 22.4. The second-order valence-corrected chi connectivity index (χ2v) is 7.82. The van der Waals surface area contributed by atoms with E-state index in [-0.39, 0.29) is 40.0 Å². The molecule has 1 aliphatic heterocycles. The van der Waals surface area contributed by atoms with Crippen LogP contribution in [-0.4, -0.2) is 16.9 Å². The van der Waals surface area contributed by atoms with E-state index >= 15 is 0 Å². The van der Waals surface area contributed by atoms with Crippen molar-refractivity contribution < 1.29 is 27.9 Å². The molecule has 1 aromatic rings. The first kappa shape index (κ1) is 19.2. The molecule has 0 fully saturated rings. The zero-order valence-corrected chi connectivity index (χ0v) is 15.2. The Morgan fingerprint density at radius 2 is 1.85 bits per heavy atom. The molecule has 0 aromatic heterocycles. The number of hydrogen-bond donors (Lipinski definition) is 2. The van der Waals surface area contributed by atoms with E-state index in [1.807, 2.05) is 13.8 Å². The van der Waals surface area contributed by atoms with Crippen LogP contribution in [-0.2, 0) is 15.8 Å². The van der Waals surface area contributed by atoms with Crippen molar-refractivity contribution in [1.82, 2.24) is 5.32 Å². The molecular weight excluding hydrogens is 359 g/mol. The fraction of sp³-hybridized carbons (Fsp3) is 0.400. The van der Waals surface area contributed by atoms with Crippen molar-refractivity contribution >= 4 is 11.8 Å². The van der Waals surface area contributed by atoms with Crippen molar-refractivity contribution in [2.24, 2.45) is 5.41 Å². The number of aliphatic carboxylic acids is 1. The Kier molecular flexibility index (Phi) is 4.44. The van der Waals surface area contributed by atoms with Crippen molar-refractivity contribution in [2.45, 2.75) is 45.7 Å². The number of carbonyl (C=O) groups is 2. The van der Waals surface area contributed by atoms with Gasteiger partial charge in [0.1, 0.15) is 0 Å².